The topological polar surface area (TPSA) is 66.8 Å². The molecule has 1 aromatic rings. The van der Waals surface area contributed by atoms with Crippen molar-refractivity contribution in [2.45, 2.75) is 18.4 Å². The van der Waals surface area contributed by atoms with Crippen molar-refractivity contribution in [1.29, 1.82) is 0 Å². The summed E-state index contributed by atoms with van der Waals surface area (Å²) in [6.07, 6.45) is 0.932. The Bertz CT molecular complexity index is 365. The molecule has 0 saturated carbocycles. The molecule has 1 fully saturated rings. The first kappa shape index (κ1) is 10.6. The van der Waals surface area contributed by atoms with E-state index in [2.05, 4.69) is 0 Å². The van der Waals surface area contributed by atoms with Crippen molar-refractivity contribution in [3.05, 3.63) is 21.9 Å². The molecule has 0 atom stereocenters. The maximum atomic E-state index is 10.9. The number of rotatable bonds is 2. The number of aliphatic hydroxyl groups is 1. The summed E-state index contributed by atoms with van der Waals surface area (Å²) in [5.74, 6) is -0.980. The van der Waals surface area contributed by atoms with Gasteiger partial charge in [-0.3, -0.25) is 0 Å². The molecule has 0 amide bonds. The molecule has 15 heavy (non-hydrogen) atoms. The van der Waals surface area contributed by atoms with Gasteiger partial charge in [0.05, 0.1) is 10.4 Å². The molecule has 1 aliphatic heterocycles. The lowest BCUT2D eigenvalue weighted by molar-refractivity contribution is -0.0660. The molecule has 4 nitrogen and oxygen atoms in total. The van der Waals surface area contributed by atoms with Crippen molar-refractivity contribution in [3.8, 4) is 0 Å². The fraction of sp³-hybridized carbons (Fsp3) is 0.500. The number of ether oxygens (including phenoxy) is 1. The van der Waals surface area contributed by atoms with Crippen LogP contribution in [-0.2, 0) is 10.3 Å². The minimum absolute atomic E-state index is 0.212. The van der Waals surface area contributed by atoms with Crippen molar-refractivity contribution in [1.82, 2.24) is 0 Å². The Morgan fingerprint density at radius 3 is 2.73 bits per heavy atom. The van der Waals surface area contributed by atoms with Crippen LogP contribution in [0.4, 0.5) is 0 Å². The summed E-state index contributed by atoms with van der Waals surface area (Å²) < 4.78 is 5.16. The van der Waals surface area contributed by atoms with E-state index in [4.69, 9.17) is 9.84 Å². The Kier molecular flexibility index (Phi) is 2.77. The summed E-state index contributed by atoms with van der Waals surface area (Å²) in [5.41, 5.74) is -0.801. The van der Waals surface area contributed by atoms with Crippen LogP contribution >= 0.6 is 11.3 Å². The third-order valence-corrected chi connectivity index (χ3v) is 3.75. The van der Waals surface area contributed by atoms with Crippen molar-refractivity contribution in [2.24, 2.45) is 0 Å². The summed E-state index contributed by atoms with van der Waals surface area (Å²) in [7, 11) is 0. The molecule has 1 saturated heterocycles. The molecule has 2 heterocycles. The Hall–Kier alpha value is -0.910. The second kappa shape index (κ2) is 3.92. The van der Waals surface area contributed by atoms with Gasteiger partial charge in [-0.25, -0.2) is 4.79 Å². The van der Waals surface area contributed by atoms with E-state index >= 15 is 0 Å². The quantitative estimate of drug-likeness (QED) is 0.804. The lowest BCUT2D eigenvalue weighted by atomic mass is 9.90. The third kappa shape index (κ3) is 1.90. The highest BCUT2D eigenvalue weighted by atomic mass is 32.1. The van der Waals surface area contributed by atoms with Crippen molar-refractivity contribution in [3.63, 3.8) is 0 Å². The fourth-order valence-corrected chi connectivity index (χ4v) is 2.82. The average molecular weight is 228 g/mol. The van der Waals surface area contributed by atoms with Crippen LogP contribution in [0, 0.1) is 0 Å². The van der Waals surface area contributed by atoms with Gasteiger partial charge in [0.15, 0.2) is 0 Å². The van der Waals surface area contributed by atoms with E-state index in [0.717, 1.165) is 0 Å². The van der Waals surface area contributed by atoms with E-state index in [0.29, 0.717) is 30.9 Å². The van der Waals surface area contributed by atoms with Crippen LogP contribution in [0.2, 0.25) is 0 Å². The van der Waals surface area contributed by atoms with Crippen LogP contribution in [0.15, 0.2) is 11.4 Å². The lowest BCUT2D eigenvalue weighted by Crippen LogP contribution is -2.33. The van der Waals surface area contributed by atoms with Gasteiger partial charge < -0.3 is 14.9 Å². The second-order valence-corrected chi connectivity index (χ2v) is 4.53. The maximum absolute atomic E-state index is 10.9. The van der Waals surface area contributed by atoms with Gasteiger partial charge in [0.25, 0.3) is 0 Å². The van der Waals surface area contributed by atoms with E-state index in [-0.39, 0.29) is 5.56 Å². The highest BCUT2D eigenvalue weighted by molar-refractivity contribution is 7.10. The van der Waals surface area contributed by atoms with Crippen LogP contribution in [-0.4, -0.2) is 29.4 Å². The van der Waals surface area contributed by atoms with E-state index in [9.17, 15) is 9.90 Å². The summed E-state index contributed by atoms with van der Waals surface area (Å²) in [5, 5.41) is 21.0. The number of carbonyl (C=O) groups is 1. The van der Waals surface area contributed by atoms with E-state index in [1.807, 2.05) is 0 Å². The van der Waals surface area contributed by atoms with Gasteiger partial charge in [-0.05, 0) is 11.4 Å². The first-order chi connectivity index (χ1) is 7.13. The van der Waals surface area contributed by atoms with Crippen LogP contribution in [0.25, 0.3) is 0 Å². The van der Waals surface area contributed by atoms with Gasteiger partial charge in [0.1, 0.15) is 5.60 Å². The molecule has 0 spiro atoms. The molecule has 5 heteroatoms. The molecular weight excluding hydrogens is 216 g/mol. The largest absolute Gasteiger partial charge is 0.478 e. The highest BCUT2D eigenvalue weighted by Crippen LogP contribution is 2.37. The predicted octanol–water partition coefficient (Wildman–Crippen LogP) is 1.44. The van der Waals surface area contributed by atoms with Gasteiger partial charge in [0, 0.05) is 26.1 Å². The standard InChI is InChI=1S/C10H12O4S/c11-9(12)7-1-6-15-8(7)10(13)2-4-14-5-3-10/h1,6,13H,2-5H2,(H,11,12). The SMILES string of the molecule is O=C(O)c1ccsc1C1(O)CCOCC1. The normalized spacial score (nSPS) is 20.1. The first-order valence-electron chi connectivity index (χ1n) is 4.75. The third-order valence-electron chi connectivity index (χ3n) is 2.64. The van der Waals surface area contributed by atoms with Gasteiger partial charge in [0.2, 0.25) is 0 Å². The number of carboxylic acid groups (broad SMARTS) is 1. The molecule has 2 rings (SSSR count). The minimum Gasteiger partial charge on any atom is -0.478 e. The molecule has 2 N–H and O–H groups in total. The van der Waals surface area contributed by atoms with Gasteiger partial charge >= 0.3 is 5.97 Å². The molecule has 0 bridgehead atoms. The van der Waals surface area contributed by atoms with Crippen molar-refractivity contribution < 1.29 is 19.7 Å². The first-order valence-corrected chi connectivity index (χ1v) is 5.63. The van der Waals surface area contributed by atoms with E-state index in [1.54, 1.807) is 5.38 Å². The van der Waals surface area contributed by atoms with Gasteiger partial charge in [-0.2, -0.15) is 0 Å². The molecule has 0 aromatic carbocycles. The van der Waals surface area contributed by atoms with E-state index in [1.165, 1.54) is 17.4 Å². The zero-order valence-electron chi connectivity index (χ0n) is 8.10. The Morgan fingerprint density at radius 1 is 1.47 bits per heavy atom. The molecule has 1 aromatic heterocycles. The summed E-state index contributed by atoms with van der Waals surface area (Å²) in [6.45, 7) is 0.959. The lowest BCUT2D eigenvalue weighted by Gasteiger charge is -2.31. The van der Waals surface area contributed by atoms with E-state index < -0.39 is 11.6 Å². The number of hydrogen-bond acceptors (Lipinski definition) is 4. The molecule has 82 valence electrons. The zero-order valence-corrected chi connectivity index (χ0v) is 8.92. The molecular formula is C10H12O4S. The minimum atomic E-state index is -1.01. The zero-order chi connectivity index (χ0) is 10.9. The monoisotopic (exact) mass is 228 g/mol. The number of carboxylic acids is 1. The summed E-state index contributed by atoms with van der Waals surface area (Å²) >= 11 is 1.30. The van der Waals surface area contributed by atoms with Crippen molar-refractivity contribution in [2.75, 3.05) is 13.2 Å². The Labute approximate surface area is 91.1 Å². The van der Waals surface area contributed by atoms with Crippen LogP contribution < -0.4 is 0 Å². The maximum Gasteiger partial charge on any atom is 0.336 e. The van der Waals surface area contributed by atoms with Crippen LogP contribution in [0.1, 0.15) is 28.1 Å². The molecule has 1 aliphatic rings. The highest BCUT2D eigenvalue weighted by Gasteiger charge is 2.36. The Balaban J connectivity index is 2.34. The predicted molar refractivity (Wildman–Crippen MR) is 55.2 cm³/mol. The summed E-state index contributed by atoms with van der Waals surface area (Å²) in [4.78, 5) is 11.5. The Morgan fingerprint density at radius 2 is 2.13 bits per heavy atom. The smallest absolute Gasteiger partial charge is 0.336 e. The molecule has 0 radical (unpaired) electrons. The fourth-order valence-electron chi connectivity index (χ4n) is 1.77. The molecule has 0 unspecified atom stereocenters. The van der Waals surface area contributed by atoms with Gasteiger partial charge in [-0.1, -0.05) is 0 Å². The van der Waals surface area contributed by atoms with Crippen LogP contribution in [0.5, 0.6) is 0 Å². The average Bonchev–Trinajstić information content (AvgIpc) is 2.67. The number of hydrogen-bond donors (Lipinski definition) is 2. The number of thiophene rings is 1. The second-order valence-electron chi connectivity index (χ2n) is 3.61. The number of aromatic carboxylic acids is 1. The van der Waals surface area contributed by atoms with Gasteiger partial charge in [-0.15, -0.1) is 11.3 Å². The molecule has 0 aliphatic carbocycles. The summed E-state index contributed by atoms with van der Waals surface area (Å²) in [6, 6.07) is 1.54. The van der Waals surface area contributed by atoms with Crippen LogP contribution in [0.3, 0.4) is 0 Å². The van der Waals surface area contributed by atoms with Crippen molar-refractivity contribution >= 4 is 17.3 Å².